The average Bonchev–Trinajstić information content (AvgIpc) is 2.36. The maximum atomic E-state index is 12.3. The second kappa shape index (κ2) is 5.69. The Bertz CT molecular complexity index is 320. The van der Waals surface area contributed by atoms with Gasteiger partial charge in [0.05, 0.1) is 10.8 Å². The van der Waals surface area contributed by atoms with Crippen LogP contribution in [-0.4, -0.2) is 31.4 Å². The molecule has 1 aliphatic rings. The van der Waals surface area contributed by atoms with Gasteiger partial charge < -0.3 is 16.4 Å². The Kier molecular flexibility index (Phi) is 4.73. The highest BCUT2D eigenvalue weighted by Crippen LogP contribution is 2.30. The van der Waals surface area contributed by atoms with Crippen molar-refractivity contribution in [2.24, 2.45) is 16.6 Å². The normalized spacial score (nSPS) is 24.6. The first-order valence-electron chi connectivity index (χ1n) is 6.63. The van der Waals surface area contributed by atoms with Crippen molar-refractivity contribution >= 4 is 11.8 Å². The highest BCUT2D eigenvalue weighted by atomic mass is 16.2. The van der Waals surface area contributed by atoms with Gasteiger partial charge in [-0.2, -0.15) is 0 Å². The molecular weight excluding hydrogens is 230 g/mol. The Morgan fingerprint density at radius 3 is 2.56 bits per heavy atom. The molecule has 1 saturated heterocycles. The van der Waals surface area contributed by atoms with Crippen LogP contribution in [0.15, 0.2) is 0 Å². The Morgan fingerprint density at radius 1 is 1.44 bits per heavy atom. The topological polar surface area (TPSA) is 84.2 Å². The Hall–Kier alpha value is -1.10. The third-order valence-electron chi connectivity index (χ3n) is 3.99. The van der Waals surface area contributed by atoms with E-state index >= 15 is 0 Å². The molecule has 0 aromatic heterocycles. The van der Waals surface area contributed by atoms with Crippen LogP contribution in [0, 0.1) is 10.8 Å². The molecule has 0 spiro atoms. The number of primary amides is 1. The first-order valence-corrected chi connectivity index (χ1v) is 6.63. The van der Waals surface area contributed by atoms with Gasteiger partial charge in [-0.15, -0.1) is 0 Å². The van der Waals surface area contributed by atoms with Gasteiger partial charge in [0, 0.05) is 13.1 Å². The monoisotopic (exact) mass is 255 g/mol. The molecule has 1 rings (SSSR count). The van der Waals surface area contributed by atoms with Crippen molar-refractivity contribution < 1.29 is 9.59 Å². The van der Waals surface area contributed by atoms with Gasteiger partial charge in [-0.05, 0) is 39.7 Å². The fraction of sp³-hybridized carbons (Fsp3) is 0.846. The van der Waals surface area contributed by atoms with Crippen molar-refractivity contribution in [2.45, 2.75) is 40.0 Å². The van der Waals surface area contributed by atoms with Crippen molar-refractivity contribution in [3.8, 4) is 0 Å². The predicted molar refractivity (Wildman–Crippen MR) is 70.8 cm³/mol. The van der Waals surface area contributed by atoms with Gasteiger partial charge in [-0.1, -0.05) is 6.92 Å². The summed E-state index contributed by atoms with van der Waals surface area (Å²) in [7, 11) is 0. The van der Waals surface area contributed by atoms with E-state index < -0.39 is 11.3 Å². The van der Waals surface area contributed by atoms with E-state index in [2.05, 4.69) is 10.6 Å². The molecule has 0 aliphatic carbocycles. The average molecular weight is 255 g/mol. The molecule has 5 nitrogen and oxygen atoms in total. The number of piperidine rings is 1. The van der Waals surface area contributed by atoms with Crippen molar-refractivity contribution in [1.82, 2.24) is 10.6 Å². The fourth-order valence-electron chi connectivity index (χ4n) is 2.20. The van der Waals surface area contributed by atoms with Crippen LogP contribution in [-0.2, 0) is 9.59 Å². The lowest BCUT2D eigenvalue weighted by molar-refractivity contribution is -0.133. The minimum atomic E-state index is -0.702. The summed E-state index contributed by atoms with van der Waals surface area (Å²) in [5.41, 5.74) is 4.27. The lowest BCUT2D eigenvalue weighted by Gasteiger charge is -2.36. The van der Waals surface area contributed by atoms with Crippen LogP contribution < -0.4 is 16.4 Å². The van der Waals surface area contributed by atoms with Crippen LogP contribution in [0.5, 0.6) is 0 Å². The number of hydrogen-bond acceptors (Lipinski definition) is 3. The third kappa shape index (κ3) is 3.22. The summed E-state index contributed by atoms with van der Waals surface area (Å²) in [5.74, 6) is -0.360. The molecule has 18 heavy (non-hydrogen) atoms. The summed E-state index contributed by atoms with van der Waals surface area (Å²) < 4.78 is 0. The van der Waals surface area contributed by atoms with E-state index in [4.69, 9.17) is 5.73 Å². The van der Waals surface area contributed by atoms with Crippen LogP contribution in [0.4, 0.5) is 0 Å². The van der Waals surface area contributed by atoms with E-state index in [1.165, 1.54) is 0 Å². The highest BCUT2D eigenvalue weighted by molar-refractivity contribution is 5.85. The van der Waals surface area contributed by atoms with Crippen LogP contribution in [0.3, 0.4) is 0 Å². The van der Waals surface area contributed by atoms with E-state index in [9.17, 15) is 9.59 Å². The minimum absolute atomic E-state index is 0.0338. The highest BCUT2D eigenvalue weighted by Gasteiger charge is 2.38. The van der Waals surface area contributed by atoms with E-state index in [1.54, 1.807) is 13.8 Å². The molecule has 1 fully saturated rings. The number of rotatable bonds is 5. The van der Waals surface area contributed by atoms with Gasteiger partial charge in [0.1, 0.15) is 0 Å². The quantitative estimate of drug-likeness (QED) is 0.664. The van der Waals surface area contributed by atoms with Gasteiger partial charge >= 0.3 is 0 Å². The molecule has 0 aromatic carbocycles. The van der Waals surface area contributed by atoms with Gasteiger partial charge in [-0.25, -0.2) is 0 Å². The number of nitrogens with two attached hydrogens (primary N) is 1. The fourth-order valence-corrected chi connectivity index (χ4v) is 2.20. The number of hydrogen-bond donors (Lipinski definition) is 3. The molecule has 1 heterocycles. The van der Waals surface area contributed by atoms with Crippen molar-refractivity contribution in [3.05, 3.63) is 0 Å². The summed E-state index contributed by atoms with van der Waals surface area (Å²) in [6, 6.07) is 0. The molecule has 0 radical (unpaired) electrons. The molecule has 1 unspecified atom stereocenters. The van der Waals surface area contributed by atoms with Gasteiger partial charge in [-0.3, -0.25) is 9.59 Å². The van der Waals surface area contributed by atoms with Crippen LogP contribution in [0.2, 0.25) is 0 Å². The minimum Gasteiger partial charge on any atom is -0.369 e. The summed E-state index contributed by atoms with van der Waals surface area (Å²) >= 11 is 0. The summed E-state index contributed by atoms with van der Waals surface area (Å²) in [6.45, 7) is 7.50. The number of amides is 2. The zero-order valence-electron chi connectivity index (χ0n) is 11.6. The number of carbonyl (C=O) groups excluding carboxylic acids is 2. The largest absolute Gasteiger partial charge is 0.369 e. The molecule has 1 aliphatic heterocycles. The van der Waals surface area contributed by atoms with Crippen molar-refractivity contribution in [1.29, 1.82) is 0 Å². The Labute approximate surface area is 109 Å². The lowest BCUT2D eigenvalue weighted by atomic mass is 9.77. The van der Waals surface area contributed by atoms with Crippen molar-refractivity contribution in [2.75, 3.05) is 19.6 Å². The van der Waals surface area contributed by atoms with E-state index in [-0.39, 0.29) is 11.3 Å². The summed E-state index contributed by atoms with van der Waals surface area (Å²) in [6.07, 6.45) is 2.72. The van der Waals surface area contributed by atoms with E-state index in [0.29, 0.717) is 13.1 Å². The molecule has 0 bridgehead atoms. The molecular formula is C13H25N3O2. The molecule has 1 atom stereocenters. The first kappa shape index (κ1) is 15.0. The molecule has 4 N–H and O–H groups in total. The maximum Gasteiger partial charge on any atom is 0.227 e. The standard InChI is InChI=1S/C13H25N3O2/c1-4-13(6-5-7-15-9-13)11(18)16-8-12(2,3)10(14)17/h15H,4-9H2,1-3H3,(H2,14,17)(H,16,18). The number of nitrogens with one attached hydrogen (secondary N) is 2. The maximum absolute atomic E-state index is 12.3. The predicted octanol–water partition coefficient (Wildman–Crippen LogP) is 0.394. The van der Waals surface area contributed by atoms with E-state index in [1.807, 2.05) is 6.92 Å². The zero-order valence-corrected chi connectivity index (χ0v) is 11.6. The zero-order chi connectivity index (χ0) is 13.8. The molecule has 2 amide bonds. The smallest absolute Gasteiger partial charge is 0.227 e. The molecule has 0 aromatic rings. The van der Waals surface area contributed by atoms with Crippen LogP contribution in [0.1, 0.15) is 40.0 Å². The van der Waals surface area contributed by atoms with Crippen molar-refractivity contribution in [3.63, 3.8) is 0 Å². The lowest BCUT2D eigenvalue weighted by Crippen LogP contribution is -2.52. The Morgan fingerprint density at radius 2 is 2.11 bits per heavy atom. The first-order chi connectivity index (χ1) is 8.34. The number of carbonyl (C=O) groups is 2. The second-order valence-corrected chi connectivity index (χ2v) is 5.85. The van der Waals surface area contributed by atoms with Gasteiger partial charge in [0.15, 0.2) is 0 Å². The molecule has 0 saturated carbocycles. The van der Waals surface area contributed by atoms with Crippen LogP contribution in [0.25, 0.3) is 0 Å². The third-order valence-corrected chi connectivity index (χ3v) is 3.99. The second-order valence-electron chi connectivity index (χ2n) is 5.85. The molecule has 104 valence electrons. The van der Waals surface area contributed by atoms with Gasteiger partial charge in [0.2, 0.25) is 11.8 Å². The SMILES string of the molecule is CCC1(C(=O)NCC(C)(C)C(N)=O)CCCNC1. The summed E-state index contributed by atoms with van der Waals surface area (Å²) in [5, 5.41) is 6.16. The Balaban J connectivity index is 2.61. The molecule has 5 heteroatoms. The van der Waals surface area contributed by atoms with Crippen LogP contribution >= 0.6 is 0 Å². The van der Waals surface area contributed by atoms with Gasteiger partial charge in [0.25, 0.3) is 0 Å². The summed E-state index contributed by atoms with van der Waals surface area (Å²) in [4.78, 5) is 23.5. The van der Waals surface area contributed by atoms with E-state index in [0.717, 1.165) is 25.8 Å².